The number of aliphatic hydroxyl groups is 1. The first-order chi connectivity index (χ1) is 9.99. The van der Waals surface area contributed by atoms with Gasteiger partial charge in [0.15, 0.2) is 0 Å². The second-order valence-corrected chi connectivity index (χ2v) is 4.49. The van der Waals surface area contributed by atoms with Crippen LogP contribution >= 0.6 is 0 Å². The number of hydrogen-bond acceptors (Lipinski definition) is 2. The summed E-state index contributed by atoms with van der Waals surface area (Å²) < 4.78 is 28.4. The minimum Gasteiger partial charge on any atom is -0.385 e. The molecular weight excluding hydrogens is 280 g/mol. The van der Waals surface area contributed by atoms with Gasteiger partial charge in [0.25, 0.3) is 0 Å². The predicted molar refractivity (Wildman–Crippen MR) is 73.8 cm³/mol. The average Bonchev–Trinajstić information content (AvgIpc) is 2.87. The summed E-state index contributed by atoms with van der Waals surface area (Å²) in [6.45, 7) is -0.0836. The smallest absolute Gasteiger partial charge is 0.319 e. The van der Waals surface area contributed by atoms with E-state index < -0.39 is 29.5 Å². The van der Waals surface area contributed by atoms with Gasteiger partial charge in [-0.2, -0.15) is 0 Å². The number of nitrogens with one attached hydrogen (secondary N) is 2. The number of para-hydroxylation sites is 1. The second-order valence-electron chi connectivity index (χ2n) is 4.49. The SMILES string of the molecule is Cn1cccc1[C@H](O)CNC(=O)Nc1c(F)cccc1F. The fraction of sp³-hybridized carbons (Fsp3) is 0.214. The molecule has 0 aliphatic rings. The van der Waals surface area contributed by atoms with Crippen LogP contribution in [0.5, 0.6) is 0 Å². The maximum atomic E-state index is 13.4. The van der Waals surface area contributed by atoms with E-state index >= 15 is 0 Å². The minimum atomic E-state index is -0.916. The second kappa shape index (κ2) is 6.36. The van der Waals surface area contributed by atoms with E-state index in [-0.39, 0.29) is 6.54 Å². The van der Waals surface area contributed by atoms with Gasteiger partial charge in [-0.05, 0) is 24.3 Å². The largest absolute Gasteiger partial charge is 0.385 e. The molecule has 1 aromatic carbocycles. The van der Waals surface area contributed by atoms with Crippen LogP contribution in [-0.2, 0) is 7.05 Å². The fourth-order valence-corrected chi connectivity index (χ4v) is 1.89. The van der Waals surface area contributed by atoms with Crippen LogP contribution in [0.3, 0.4) is 0 Å². The summed E-state index contributed by atoms with van der Waals surface area (Å²) in [6.07, 6.45) is 0.842. The lowest BCUT2D eigenvalue weighted by Gasteiger charge is -2.14. The Labute approximate surface area is 120 Å². The monoisotopic (exact) mass is 295 g/mol. The molecule has 1 aromatic heterocycles. The van der Waals surface area contributed by atoms with E-state index in [0.29, 0.717) is 5.69 Å². The van der Waals surface area contributed by atoms with E-state index in [2.05, 4.69) is 10.6 Å². The predicted octanol–water partition coefficient (Wildman–Crippen LogP) is 2.16. The molecule has 0 fully saturated rings. The molecule has 21 heavy (non-hydrogen) atoms. The van der Waals surface area contributed by atoms with Crippen molar-refractivity contribution in [3.05, 3.63) is 53.9 Å². The van der Waals surface area contributed by atoms with E-state index in [1.54, 1.807) is 29.9 Å². The Kier molecular flexibility index (Phi) is 4.54. The molecule has 0 saturated carbocycles. The van der Waals surface area contributed by atoms with E-state index in [1.165, 1.54) is 6.07 Å². The number of amides is 2. The number of anilines is 1. The number of hydrogen-bond donors (Lipinski definition) is 3. The quantitative estimate of drug-likeness (QED) is 0.809. The summed E-state index contributed by atoms with van der Waals surface area (Å²) in [7, 11) is 1.76. The Bertz CT molecular complexity index is 623. The maximum absolute atomic E-state index is 13.4. The van der Waals surface area contributed by atoms with Crippen LogP contribution < -0.4 is 10.6 Å². The highest BCUT2D eigenvalue weighted by atomic mass is 19.1. The van der Waals surface area contributed by atoms with Gasteiger partial charge in [0.2, 0.25) is 0 Å². The molecule has 112 valence electrons. The molecule has 0 unspecified atom stereocenters. The Balaban J connectivity index is 1.92. The van der Waals surface area contributed by atoms with E-state index in [9.17, 15) is 18.7 Å². The van der Waals surface area contributed by atoms with Gasteiger partial charge in [0.1, 0.15) is 23.4 Å². The van der Waals surface area contributed by atoms with Gasteiger partial charge in [-0.15, -0.1) is 0 Å². The Morgan fingerprint density at radius 2 is 1.95 bits per heavy atom. The first-order valence-corrected chi connectivity index (χ1v) is 6.27. The third kappa shape index (κ3) is 3.57. The average molecular weight is 295 g/mol. The maximum Gasteiger partial charge on any atom is 0.319 e. The number of carbonyl (C=O) groups excluding carboxylic acids is 1. The Morgan fingerprint density at radius 3 is 2.52 bits per heavy atom. The van der Waals surface area contributed by atoms with Crippen molar-refractivity contribution in [3.63, 3.8) is 0 Å². The van der Waals surface area contributed by atoms with Gasteiger partial charge in [0, 0.05) is 18.9 Å². The van der Waals surface area contributed by atoms with E-state index in [4.69, 9.17) is 0 Å². The third-order valence-electron chi connectivity index (χ3n) is 2.98. The van der Waals surface area contributed by atoms with Crippen molar-refractivity contribution in [1.29, 1.82) is 0 Å². The zero-order valence-corrected chi connectivity index (χ0v) is 11.3. The fourth-order valence-electron chi connectivity index (χ4n) is 1.89. The zero-order chi connectivity index (χ0) is 15.4. The number of aromatic nitrogens is 1. The highest BCUT2D eigenvalue weighted by Gasteiger charge is 2.14. The Hall–Kier alpha value is -2.41. The topological polar surface area (TPSA) is 66.3 Å². The van der Waals surface area contributed by atoms with Crippen LogP contribution in [0.4, 0.5) is 19.3 Å². The van der Waals surface area contributed by atoms with Crippen molar-refractivity contribution in [1.82, 2.24) is 9.88 Å². The molecule has 2 amide bonds. The van der Waals surface area contributed by atoms with E-state index in [0.717, 1.165) is 12.1 Å². The molecule has 5 nitrogen and oxygen atoms in total. The van der Waals surface area contributed by atoms with Gasteiger partial charge in [-0.1, -0.05) is 6.07 Å². The minimum absolute atomic E-state index is 0.0836. The first kappa shape index (κ1) is 15.0. The van der Waals surface area contributed by atoms with Crippen LogP contribution in [-0.4, -0.2) is 22.2 Å². The summed E-state index contributed by atoms with van der Waals surface area (Å²) in [5.41, 5.74) is 0.0933. The molecule has 0 spiro atoms. The molecule has 0 saturated heterocycles. The number of rotatable bonds is 4. The van der Waals surface area contributed by atoms with E-state index in [1.807, 2.05) is 0 Å². The number of aryl methyl sites for hydroxylation is 1. The van der Waals surface area contributed by atoms with Crippen LogP contribution in [0.1, 0.15) is 11.8 Å². The molecule has 0 aliphatic heterocycles. The molecule has 2 rings (SSSR count). The molecule has 1 atom stereocenters. The third-order valence-corrected chi connectivity index (χ3v) is 2.98. The molecular formula is C14H15F2N3O2. The van der Waals surface area contributed by atoms with Crippen molar-refractivity contribution in [3.8, 4) is 0 Å². The Morgan fingerprint density at radius 1 is 1.29 bits per heavy atom. The molecule has 0 bridgehead atoms. The van der Waals surface area contributed by atoms with Crippen molar-refractivity contribution >= 4 is 11.7 Å². The number of benzene rings is 1. The summed E-state index contributed by atoms with van der Waals surface area (Å²) in [4.78, 5) is 11.6. The van der Waals surface area contributed by atoms with Crippen LogP contribution in [0.25, 0.3) is 0 Å². The van der Waals surface area contributed by atoms with Gasteiger partial charge in [-0.3, -0.25) is 0 Å². The summed E-state index contributed by atoms with van der Waals surface area (Å²) >= 11 is 0. The summed E-state index contributed by atoms with van der Waals surface area (Å²) in [6, 6.07) is 5.95. The molecule has 0 aliphatic carbocycles. The first-order valence-electron chi connectivity index (χ1n) is 6.27. The molecule has 2 aromatic rings. The lowest BCUT2D eigenvalue weighted by Crippen LogP contribution is -2.33. The van der Waals surface area contributed by atoms with Crippen LogP contribution in [0.15, 0.2) is 36.5 Å². The number of nitrogens with zero attached hydrogens (tertiary/aromatic N) is 1. The standard InChI is InChI=1S/C14H15F2N3O2/c1-19-7-3-6-11(19)12(20)8-17-14(21)18-13-9(15)4-2-5-10(13)16/h2-7,12,20H,8H2,1H3,(H2,17,18,21)/t12-/m1/s1. The molecule has 3 N–H and O–H groups in total. The van der Waals surface area contributed by atoms with Gasteiger partial charge in [0.05, 0.1) is 6.54 Å². The lowest BCUT2D eigenvalue weighted by atomic mass is 10.2. The molecule has 7 heteroatoms. The van der Waals surface area contributed by atoms with Crippen molar-refractivity contribution in [2.24, 2.45) is 7.05 Å². The normalized spacial score (nSPS) is 12.0. The van der Waals surface area contributed by atoms with Crippen LogP contribution in [0, 0.1) is 11.6 Å². The lowest BCUT2D eigenvalue weighted by molar-refractivity contribution is 0.167. The van der Waals surface area contributed by atoms with Crippen molar-refractivity contribution in [2.75, 3.05) is 11.9 Å². The van der Waals surface area contributed by atoms with Crippen molar-refractivity contribution in [2.45, 2.75) is 6.10 Å². The molecule has 1 heterocycles. The van der Waals surface area contributed by atoms with Crippen LogP contribution in [0.2, 0.25) is 0 Å². The number of halogens is 2. The summed E-state index contributed by atoms with van der Waals surface area (Å²) in [5.74, 6) is -1.73. The highest BCUT2D eigenvalue weighted by Crippen LogP contribution is 2.17. The number of aliphatic hydroxyl groups excluding tert-OH is 1. The van der Waals surface area contributed by atoms with Gasteiger partial charge < -0.3 is 20.3 Å². The highest BCUT2D eigenvalue weighted by molar-refractivity contribution is 5.89. The number of carbonyl (C=O) groups is 1. The molecule has 0 radical (unpaired) electrons. The van der Waals surface area contributed by atoms with Crippen molar-refractivity contribution < 1.29 is 18.7 Å². The summed E-state index contributed by atoms with van der Waals surface area (Å²) in [5, 5.41) is 14.3. The van der Waals surface area contributed by atoms with Gasteiger partial charge >= 0.3 is 6.03 Å². The zero-order valence-electron chi connectivity index (χ0n) is 11.3. The van der Waals surface area contributed by atoms with Gasteiger partial charge in [-0.25, -0.2) is 13.6 Å². The number of urea groups is 1.